The predicted molar refractivity (Wildman–Crippen MR) is 75.9 cm³/mol. The molecule has 0 aliphatic carbocycles. The van der Waals surface area contributed by atoms with Gasteiger partial charge in [0.25, 0.3) is 0 Å². The summed E-state index contributed by atoms with van der Waals surface area (Å²) in [6.45, 7) is 9.27. The van der Waals surface area contributed by atoms with Gasteiger partial charge in [-0.15, -0.1) is 0 Å². The maximum Gasteiger partial charge on any atom is 0.0646 e. The van der Waals surface area contributed by atoms with Gasteiger partial charge in [0.15, 0.2) is 0 Å². The summed E-state index contributed by atoms with van der Waals surface area (Å²) < 4.78 is 1.94. The molecule has 0 unspecified atom stereocenters. The van der Waals surface area contributed by atoms with Gasteiger partial charge < -0.3 is 5.32 Å². The largest absolute Gasteiger partial charge is 0.381 e. The minimum absolute atomic E-state index is 0.827. The van der Waals surface area contributed by atoms with Crippen LogP contribution in [-0.4, -0.2) is 9.78 Å². The average molecular weight is 243 g/mol. The zero-order valence-electron chi connectivity index (χ0n) is 11.8. The summed E-state index contributed by atoms with van der Waals surface area (Å²) in [6, 6.07) is 6.47. The van der Waals surface area contributed by atoms with Crippen LogP contribution in [0.4, 0.5) is 5.69 Å². The second kappa shape index (κ2) is 4.84. The lowest BCUT2D eigenvalue weighted by molar-refractivity contribution is 0.730. The van der Waals surface area contributed by atoms with Gasteiger partial charge in [0.1, 0.15) is 0 Å². The fourth-order valence-corrected chi connectivity index (χ4v) is 2.12. The van der Waals surface area contributed by atoms with Crippen molar-refractivity contribution in [2.75, 3.05) is 5.32 Å². The van der Waals surface area contributed by atoms with E-state index >= 15 is 0 Å². The summed E-state index contributed by atoms with van der Waals surface area (Å²) in [5.41, 5.74) is 7.43. The summed E-state index contributed by atoms with van der Waals surface area (Å²) >= 11 is 0. The molecular formula is C15H21N3. The molecule has 1 aromatic carbocycles. The molecule has 0 aliphatic rings. The van der Waals surface area contributed by atoms with Crippen molar-refractivity contribution in [3.05, 3.63) is 46.3 Å². The number of aromatic nitrogens is 2. The Kier molecular flexibility index (Phi) is 3.41. The highest BCUT2D eigenvalue weighted by Gasteiger charge is 2.08. The molecule has 0 radical (unpaired) electrons. The Morgan fingerprint density at radius 1 is 1.11 bits per heavy atom. The van der Waals surface area contributed by atoms with E-state index in [9.17, 15) is 0 Å². The third-order valence-corrected chi connectivity index (χ3v) is 3.64. The first kappa shape index (κ1) is 12.7. The van der Waals surface area contributed by atoms with E-state index in [1.165, 1.54) is 28.1 Å². The lowest BCUT2D eigenvalue weighted by atomic mass is 10.1. The molecule has 18 heavy (non-hydrogen) atoms. The van der Waals surface area contributed by atoms with Crippen molar-refractivity contribution >= 4 is 5.69 Å². The molecule has 1 aromatic heterocycles. The summed E-state index contributed by atoms with van der Waals surface area (Å²) in [4.78, 5) is 0. The molecule has 3 nitrogen and oxygen atoms in total. The van der Waals surface area contributed by atoms with E-state index in [2.05, 4.69) is 56.3 Å². The normalized spacial score (nSPS) is 10.7. The van der Waals surface area contributed by atoms with E-state index < -0.39 is 0 Å². The van der Waals surface area contributed by atoms with Crippen molar-refractivity contribution in [3.63, 3.8) is 0 Å². The molecular weight excluding hydrogens is 222 g/mol. The molecule has 0 amide bonds. The lowest BCUT2D eigenvalue weighted by Crippen LogP contribution is -2.02. The molecule has 0 bridgehead atoms. The Balaban J connectivity index is 2.14. The van der Waals surface area contributed by atoms with Crippen molar-refractivity contribution in [2.24, 2.45) is 7.05 Å². The van der Waals surface area contributed by atoms with E-state index in [-0.39, 0.29) is 0 Å². The standard InChI is InChI=1S/C15H21N3/c1-10-6-7-14(8-11(10)2)16-9-15-12(3)17-18(5)13(15)4/h6-8,16H,9H2,1-5H3. The van der Waals surface area contributed by atoms with Gasteiger partial charge in [0, 0.05) is 30.5 Å². The first-order valence-electron chi connectivity index (χ1n) is 6.29. The average Bonchev–Trinajstić information content (AvgIpc) is 2.56. The van der Waals surface area contributed by atoms with Crippen molar-refractivity contribution in [2.45, 2.75) is 34.2 Å². The zero-order chi connectivity index (χ0) is 13.3. The van der Waals surface area contributed by atoms with Crippen molar-refractivity contribution in [3.8, 4) is 0 Å². The van der Waals surface area contributed by atoms with E-state index in [0.29, 0.717) is 0 Å². The first-order valence-corrected chi connectivity index (χ1v) is 6.29. The van der Waals surface area contributed by atoms with E-state index in [1.807, 2.05) is 11.7 Å². The van der Waals surface area contributed by atoms with Gasteiger partial charge in [-0.1, -0.05) is 6.07 Å². The number of rotatable bonds is 3. The third kappa shape index (κ3) is 2.40. The summed E-state index contributed by atoms with van der Waals surface area (Å²) in [5, 5.41) is 7.90. The second-order valence-electron chi connectivity index (χ2n) is 4.93. The molecule has 0 saturated carbocycles. The van der Waals surface area contributed by atoms with Crippen molar-refractivity contribution in [1.82, 2.24) is 9.78 Å². The second-order valence-corrected chi connectivity index (χ2v) is 4.93. The highest BCUT2D eigenvalue weighted by atomic mass is 15.3. The van der Waals surface area contributed by atoms with Gasteiger partial charge in [0.2, 0.25) is 0 Å². The lowest BCUT2D eigenvalue weighted by Gasteiger charge is -2.09. The minimum Gasteiger partial charge on any atom is -0.381 e. The Bertz CT molecular complexity index is 567. The molecule has 0 fully saturated rings. The molecule has 0 spiro atoms. The van der Waals surface area contributed by atoms with Crippen LogP contribution in [0.1, 0.15) is 28.1 Å². The summed E-state index contributed by atoms with van der Waals surface area (Å²) in [7, 11) is 1.99. The highest BCUT2D eigenvalue weighted by Crippen LogP contribution is 2.17. The topological polar surface area (TPSA) is 29.9 Å². The molecule has 2 rings (SSSR count). The first-order chi connectivity index (χ1) is 8.49. The van der Waals surface area contributed by atoms with Crippen LogP contribution in [0, 0.1) is 27.7 Å². The SMILES string of the molecule is Cc1ccc(NCc2c(C)nn(C)c2C)cc1C. The Hall–Kier alpha value is -1.77. The maximum absolute atomic E-state index is 4.43. The van der Waals surface area contributed by atoms with Crippen LogP contribution < -0.4 is 5.32 Å². The summed E-state index contributed by atoms with van der Waals surface area (Å²) in [5.74, 6) is 0. The Labute approximate surface area is 109 Å². The number of hydrogen-bond donors (Lipinski definition) is 1. The Morgan fingerprint density at radius 2 is 1.83 bits per heavy atom. The van der Waals surface area contributed by atoms with Gasteiger partial charge in [-0.2, -0.15) is 5.10 Å². The number of hydrogen-bond acceptors (Lipinski definition) is 2. The Morgan fingerprint density at radius 3 is 2.39 bits per heavy atom. The zero-order valence-corrected chi connectivity index (χ0v) is 11.8. The predicted octanol–water partition coefficient (Wildman–Crippen LogP) is 3.27. The molecule has 2 aromatic rings. The number of nitrogens with zero attached hydrogens (tertiary/aromatic N) is 2. The summed E-state index contributed by atoms with van der Waals surface area (Å²) in [6.07, 6.45) is 0. The van der Waals surface area contributed by atoms with Crippen LogP contribution in [0.3, 0.4) is 0 Å². The maximum atomic E-state index is 4.43. The van der Waals surface area contributed by atoms with Gasteiger partial charge in [-0.25, -0.2) is 0 Å². The monoisotopic (exact) mass is 243 g/mol. The van der Waals surface area contributed by atoms with Gasteiger partial charge in [-0.05, 0) is 51.0 Å². The van der Waals surface area contributed by atoms with Crippen LogP contribution in [0.5, 0.6) is 0 Å². The molecule has 96 valence electrons. The van der Waals surface area contributed by atoms with Crippen LogP contribution in [0.15, 0.2) is 18.2 Å². The quantitative estimate of drug-likeness (QED) is 0.896. The molecule has 0 aliphatic heterocycles. The van der Waals surface area contributed by atoms with Gasteiger partial charge >= 0.3 is 0 Å². The number of nitrogens with one attached hydrogen (secondary N) is 1. The van der Waals surface area contributed by atoms with E-state index in [4.69, 9.17) is 0 Å². The minimum atomic E-state index is 0.827. The van der Waals surface area contributed by atoms with Crippen LogP contribution in [0.2, 0.25) is 0 Å². The number of anilines is 1. The molecule has 1 N–H and O–H groups in total. The van der Waals surface area contributed by atoms with Crippen LogP contribution in [0.25, 0.3) is 0 Å². The molecule has 0 atom stereocenters. The molecule has 0 saturated heterocycles. The molecule has 1 heterocycles. The van der Waals surface area contributed by atoms with Crippen LogP contribution in [-0.2, 0) is 13.6 Å². The smallest absolute Gasteiger partial charge is 0.0646 e. The van der Waals surface area contributed by atoms with E-state index in [1.54, 1.807) is 0 Å². The number of aryl methyl sites for hydroxylation is 4. The fraction of sp³-hybridized carbons (Fsp3) is 0.400. The van der Waals surface area contributed by atoms with Gasteiger partial charge in [-0.3, -0.25) is 4.68 Å². The molecule has 3 heteroatoms. The van der Waals surface area contributed by atoms with Gasteiger partial charge in [0.05, 0.1) is 5.69 Å². The highest BCUT2D eigenvalue weighted by molar-refractivity contribution is 5.48. The van der Waals surface area contributed by atoms with Crippen LogP contribution >= 0.6 is 0 Å². The third-order valence-electron chi connectivity index (χ3n) is 3.64. The van der Waals surface area contributed by atoms with Crippen molar-refractivity contribution in [1.29, 1.82) is 0 Å². The van der Waals surface area contributed by atoms with E-state index in [0.717, 1.165) is 12.2 Å². The van der Waals surface area contributed by atoms with Crippen molar-refractivity contribution < 1.29 is 0 Å². The number of benzene rings is 1. The fourth-order valence-electron chi connectivity index (χ4n) is 2.12.